The van der Waals surface area contributed by atoms with Crippen LogP contribution >= 0.6 is 11.8 Å². The molecular formula is C26H23FN4O2S. The number of thioether (sulfide) groups is 1. The fraction of sp³-hybridized carbons (Fsp3) is 0.192. The molecule has 3 aromatic carbocycles. The summed E-state index contributed by atoms with van der Waals surface area (Å²) in [6.45, 7) is 0. The van der Waals surface area contributed by atoms with E-state index in [1.54, 1.807) is 55.3 Å². The maximum Gasteiger partial charge on any atom is 0.255 e. The number of amides is 1. The van der Waals surface area contributed by atoms with Crippen molar-refractivity contribution in [3.63, 3.8) is 0 Å². The van der Waals surface area contributed by atoms with Gasteiger partial charge in [-0.05, 0) is 66.9 Å². The van der Waals surface area contributed by atoms with Gasteiger partial charge in [0.1, 0.15) is 11.6 Å². The molecule has 0 spiro atoms. The summed E-state index contributed by atoms with van der Waals surface area (Å²) in [5, 5.41) is 12.3. The van der Waals surface area contributed by atoms with Crippen molar-refractivity contribution in [2.24, 2.45) is 0 Å². The molecule has 172 valence electrons. The number of benzene rings is 3. The summed E-state index contributed by atoms with van der Waals surface area (Å²) in [6.07, 6.45) is 2.09. The summed E-state index contributed by atoms with van der Waals surface area (Å²) in [7, 11) is 1.60. The smallest absolute Gasteiger partial charge is 0.255 e. The number of hydrogen-bond acceptors (Lipinski definition) is 5. The van der Waals surface area contributed by atoms with Gasteiger partial charge in [0.05, 0.1) is 12.7 Å². The fourth-order valence-electron chi connectivity index (χ4n) is 3.64. The molecule has 0 bridgehead atoms. The molecule has 8 heteroatoms. The van der Waals surface area contributed by atoms with Crippen LogP contribution in [0.3, 0.4) is 0 Å². The Kier molecular flexibility index (Phi) is 6.31. The lowest BCUT2D eigenvalue weighted by Gasteiger charge is -2.10. The number of ether oxygens (including phenoxy) is 1. The first-order chi connectivity index (χ1) is 16.6. The van der Waals surface area contributed by atoms with Gasteiger partial charge in [-0.25, -0.2) is 4.39 Å². The third-order valence-electron chi connectivity index (χ3n) is 5.62. The van der Waals surface area contributed by atoms with E-state index in [-0.39, 0.29) is 11.7 Å². The largest absolute Gasteiger partial charge is 0.497 e. The number of anilines is 1. The Bertz CT molecular complexity index is 1300. The van der Waals surface area contributed by atoms with Gasteiger partial charge >= 0.3 is 0 Å². The lowest BCUT2D eigenvalue weighted by Crippen LogP contribution is -2.11. The number of carbonyl (C=O) groups excluding carboxylic acids is 1. The summed E-state index contributed by atoms with van der Waals surface area (Å²) in [5.74, 6) is 1.51. The molecule has 1 N–H and O–H groups in total. The number of halogens is 1. The molecule has 0 aliphatic heterocycles. The highest BCUT2D eigenvalue weighted by molar-refractivity contribution is 7.98. The van der Waals surface area contributed by atoms with Gasteiger partial charge in [0.15, 0.2) is 11.0 Å². The van der Waals surface area contributed by atoms with E-state index in [0.29, 0.717) is 34.4 Å². The quantitative estimate of drug-likeness (QED) is 0.319. The second kappa shape index (κ2) is 9.69. The van der Waals surface area contributed by atoms with E-state index < -0.39 is 0 Å². The molecule has 5 rings (SSSR count). The van der Waals surface area contributed by atoms with Gasteiger partial charge in [0.25, 0.3) is 5.91 Å². The molecule has 0 saturated heterocycles. The third kappa shape index (κ3) is 4.82. The third-order valence-corrected chi connectivity index (χ3v) is 6.64. The van der Waals surface area contributed by atoms with E-state index in [0.717, 1.165) is 29.3 Å². The number of methoxy groups -OCH3 is 1. The van der Waals surface area contributed by atoms with Crippen LogP contribution < -0.4 is 10.1 Å². The zero-order valence-electron chi connectivity index (χ0n) is 18.6. The van der Waals surface area contributed by atoms with Crippen LogP contribution in [0, 0.1) is 5.82 Å². The lowest BCUT2D eigenvalue weighted by atomic mass is 10.1. The van der Waals surface area contributed by atoms with E-state index >= 15 is 0 Å². The fourth-order valence-corrected chi connectivity index (χ4v) is 4.60. The highest BCUT2D eigenvalue weighted by Gasteiger charge is 2.30. The van der Waals surface area contributed by atoms with Gasteiger partial charge < -0.3 is 10.1 Å². The summed E-state index contributed by atoms with van der Waals surface area (Å²) >= 11 is 1.56. The van der Waals surface area contributed by atoms with Crippen molar-refractivity contribution in [1.29, 1.82) is 0 Å². The first kappa shape index (κ1) is 22.2. The van der Waals surface area contributed by atoms with Crippen molar-refractivity contribution < 1.29 is 13.9 Å². The molecular weight excluding hydrogens is 451 g/mol. The minimum absolute atomic E-state index is 0.174. The van der Waals surface area contributed by atoms with Gasteiger partial charge in [-0.1, -0.05) is 36.0 Å². The Morgan fingerprint density at radius 2 is 1.79 bits per heavy atom. The van der Waals surface area contributed by atoms with E-state index in [2.05, 4.69) is 20.1 Å². The molecule has 34 heavy (non-hydrogen) atoms. The minimum atomic E-state index is -0.295. The maximum atomic E-state index is 14.3. The monoisotopic (exact) mass is 474 g/mol. The average molecular weight is 475 g/mol. The van der Waals surface area contributed by atoms with Crippen molar-refractivity contribution in [2.75, 3.05) is 12.4 Å². The van der Waals surface area contributed by atoms with E-state index in [1.165, 1.54) is 6.07 Å². The molecule has 0 atom stereocenters. The van der Waals surface area contributed by atoms with Crippen LogP contribution in [0.25, 0.3) is 11.4 Å². The summed E-state index contributed by atoms with van der Waals surface area (Å²) in [4.78, 5) is 12.6. The molecule has 1 aliphatic rings. The van der Waals surface area contributed by atoms with Crippen LogP contribution in [0.15, 0.2) is 78.0 Å². The summed E-state index contributed by atoms with van der Waals surface area (Å²) < 4.78 is 21.5. The van der Waals surface area contributed by atoms with E-state index in [9.17, 15) is 9.18 Å². The second-order valence-corrected chi connectivity index (χ2v) is 9.00. The number of rotatable bonds is 8. The predicted octanol–water partition coefficient (Wildman–Crippen LogP) is 5.97. The Labute approximate surface area is 201 Å². The number of nitrogens with zero attached hydrogens (tertiary/aromatic N) is 3. The normalized spacial score (nSPS) is 13.0. The molecule has 0 unspecified atom stereocenters. The topological polar surface area (TPSA) is 69.0 Å². The standard InChI is InChI=1S/C26H23FN4O2S/c1-33-21-14-10-19(11-15-21)28-25(32)18-8-6-17(7-9-18)16-34-26-30-29-24(31(26)20-12-13-20)22-4-2-3-5-23(22)27/h2-11,14-15,20H,12-13,16H2,1H3,(H,28,32). The molecule has 1 aliphatic carbocycles. The number of aromatic nitrogens is 3. The van der Waals surface area contributed by atoms with E-state index in [4.69, 9.17) is 4.74 Å². The van der Waals surface area contributed by atoms with Crippen molar-refractivity contribution >= 4 is 23.4 Å². The van der Waals surface area contributed by atoms with Crippen LogP contribution in [0.4, 0.5) is 10.1 Å². The van der Waals surface area contributed by atoms with Crippen molar-refractivity contribution in [2.45, 2.75) is 29.8 Å². The van der Waals surface area contributed by atoms with Crippen molar-refractivity contribution in [1.82, 2.24) is 14.8 Å². The minimum Gasteiger partial charge on any atom is -0.497 e. The van der Waals surface area contributed by atoms with Crippen LogP contribution in [-0.2, 0) is 5.75 Å². The highest BCUT2D eigenvalue weighted by atomic mass is 32.2. The van der Waals surface area contributed by atoms with Crippen LogP contribution in [0.1, 0.15) is 34.8 Å². The van der Waals surface area contributed by atoms with Crippen LogP contribution in [-0.4, -0.2) is 27.8 Å². The van der Waals surface area contributed by atoms with Crippen LogP contribution in [0.5, 0.6) is 5.75 Å². The Morgan fingerprint density at radius 1 is 1.06 bits per heavy atom. The number of carbonyl (C=O) groups is 1. The van der Waals surface area contributed by atoms with Gasteiger partial charge in [0, 0.05) is 23.0 Å². The first-order valence-electron chi connectivity index (χ1n) is 11.0. The Hall–Kier alpha value is -3.65. The van der Waals surface area contributed by atoms with E-state index in [1.807, 2.05) is 30.3 Å². The van der Waals surface area contributed by atoms with Gasteiger partial charge in [0.2, 0.25) is 0 Å². The number of hydrogen-bond donors (Lipinski definition) is 1. The maximum absolute atomic E-state index is 14.3. The lowest BCUT2D eigenvalue weighted by molar-refractivity contribution is 0.102. The molecule has 0 radical (unpaired) electrons. The predicted molar refractivity (Wildman–Crippen MR) is 131 cm³/mol. The Balaban J connectivity index is 1.25. The second-order valence-electron chi connectivity index (χ2n) is 8.06. The average Bonchev–Trinajstić information content (AvgIpc) is 3.63. The van der Waals surface area contributed by atoms with Crippen molar-refractivity contribution in [3.05, 3.63) is 89.7 Å². The van der Waals surface area contributed by atoms with Gasteiger partial charge in [-0.15, -0.1) is 10.2 Å². The SMILES string of the molecule is COc1ccc(NC(=O)c2ccc(CSc3nnc(-c4ccccc4F)n3C3CC3)cc2)cc1. The number of nitrogens with one attached hydrogen (secondary N) is 1. The van der Waals surface area contributed by atoms with Crippen molar-refractivity contribution in [3.8, 4) is 17.1 Å². The zero-order chi connectivity index (χ0) is 23.5. The summed E-state index contributed by atoms with van der Waals surface area (Å²) in [5.41, 5.74) is 2.81. The zero-order valence-corrected chi connectivity index (χ0v) is 19.4. The molecule has 4 aromatic rings. The Morgan fingerprint density at radius 3 is 2.47 bits per heavy atom. The molecule has 6 nitrogen and oxygen atoms in total. The first-order valence-corrected chi connectivity index (χ1v) is 12.0. The molecule has 1 amide bonds. The van der Waals surface area contributed by atoms with Gasteiger partial charge in [-0.3, -0.25) is 9.36 Å². The molecule has 1 saturated carbocycles. The molecule has 1 fully saturated rings. The van der Waals surface area contributed by atoms with Crippen LogP contribution in [0.2, 0.25) is 0 Å². The molecule has 1 aromatic heterocycles. The highest BCUT2D eigenvalue weighted by Crippen LogP contribution is 2.41. The molecule has 1 heterocycles. The summed E-state index contributed by atoms with van der Waals surface area (Å²) in [6, 6.07) is 21.7. The van der Waals surface area contributed by atoms with Gasteiger partial charge in [-0.2, -0.15) is 0 Å².